The Labute approximate surface area is 204 Å². The van der Waals surface area contributed by atoms with Crippen LogP contribution in [-0.2, 0) is 0 Å². The molecule has 2 aromatic heterocycles. The topological polar surface area (TPSA) is 76.0 Å². The number of hydrogen-bond donors (Lipinski definition) is 2. The van der Waals surface area contributed by atoms with E-state index in [4.69, 9.17) is 14.6 Å². The molecular weight excluding hydrogens is 440 g/mol. The number of hydrogen-bond acceptors (Lipinski definition) is 7. The van der Waals surface area contributed by atoms with Crippen molar-refractivity contribution >= 4 is 23.0 Å². The van der Waals surface area contributed by atoms with Gasteiger partial charge in [0.2, 0.25) is 5.95 Å². The summed E-state index contributed by atoms with van der Waals surface area (Å²) in [5.74, 6) is 2.09. The fourth-order valence-corrected chi connectivity index (χ4v) is 4.76. The van der Waals surface area contributed by atoms with Crippen molar-refractivity contribution in [2.75, 3.05) is 50.0 Å². The van der Waals surface area contributed by atoms with E-state index in [0.717, 1.165) is 52.7 Å². The van der Waals surface area contributed by atoms with Gasteiger partial charge in [0.1, 0.15) is 13.2 Å². The van der Waals surface area contributed by atoms with Crippen LogP contribution >= 0.6 is 0 Å². The van der Waals surface area contributed by atoms with Crippen molar-refractivity contribution in [2.45, 2.75) is 19.3 Å². The first-order valence-corrected chi connectivity index (χ1v) is 12.4. The van der Waals surface area contributed by atoms with E-state index in [-0.39, 0.29) is 0 Å². The van der Waals surface area contributed by atoms with E-state index in [1.54, 1.807) is 0 Å². The molecule has 1 saturated heterocycles. The maximum atomic E-state index is 5.76. The van der Waals surface area contributed by atoms with Gasteiger partial charge in [0, 0.05) is 23.5 Å². The standard InChI is InChI=1S/C27H30N6O2/c1-2-14-32(13-1)15-5-12-28-21-6-3-7-22(19-21)29-27-30-26-9-4-8-23(33(26)31-27)20-10-11-24-25(18-20)35-17-16-34-24/h3-4,6-11,18-19,28H,1-2,5,12-17H2,(H,29,31). The summed E-state index contributed by atoms with van der Waals surface area (Å²) >= 11 is 0. The van der Waals surface area contributed by atoms with Gasteiger partial charge in [-0.25, -0.2) is 4.52 Å². The first-order chi connectivity index (χ1) is 17.3. The minimum absolute atomic E-state index is 0.557. The molecule has 4 heterocycles. The Hall–Kier alpha value is -3.78. The number of nitrogens with one attached hydrogen (secondary N) is 2. The molecule has 0 amide bonds. The van der Waals surface area contributed by atoms with E-state index >= 15 is 0 Å². The maximum absolute atomic E-state index is 5.76. The second-order valence-electron chi connectivity index (χ2n) is 9.01. The van der Waals surface area contributed by atoms with E-state index in [0.29, 0.717) is 19.2 Å². The number of benzene rings is 2. The van der Waals surface area contributed by atoms with E-state index in [2.05, 4.69) is 32.7 Å². The summed E-state index contributed by atoms with van der Waals surface area (Å²) in [6, 6.07) is 20.2. The zero-order chi connectivity index (χ0) is 23.5. The first kappa shape index (κ1) is 21.7. The number of ether oxygens (including phenoxy) is 2. The minimum Gasteiger partial charge on any atom is -0.486 e. The molecule has 1 fully saturated rings. The largest absolute Gasteiger partial charge is 0.486 e. The predicted molar refractivity (Wildman–Crippen MR) is 138 cm³/mol. The van der Waals surface area contributed by atoms with Crippen molar-refractivity contribution in [1.29, 1.82) is 0 Å². The number of likely N-dealkylation sites (tertiary alicyclic amines) is 1. The molecule has 0 atom stereocenters. The van der Waals surface area contributed by atoms with Crippen molar-refractivity contribution in [2.24, 2.45) is 0 Å². The Morgan fingerprint density at radius 2 is 1.69 bits per heavy atom. The van der Waals surface area contributed by atoms with Gasteiger partial charge in [0.15, 0.2) is 17.1 Å². The fourth-order valence-electron chi connectivity index (χ4n) is 4.76. The average Bonchev–Trinajstić information content (AvgIpc) is 3.56. The van der Waals surface area contributed by atoms with Crippen molar-refractivity contribution in [3.05, 3.63) is 60.7 Å². The Morgan fingerprint density at radius 3 is 2.60 bits per heavy atom. The summed E-state index contributed by atoms with van der Waals surface area (Å²) in [5, 5.41) is 11.6. The van der Waals surface area contributed by atoms with Gasteiger partial charge in [0.05, 0.1) is 5.69 Å². The molecule has 0 radical (unpaired) electrons. The maximum Gasteiger partial charge on any atom is 0.247 e. The van der Waals surface area contributed by atoms with Gasteiger partial charge in [0.25, 0.3) is 0 Å². The molecule has 4 aromatic rings. The third-order valence-electron chi connectivity index (χ3n) is 6.50. The van der Waals surface area contributed by atoms with Crippen LogP contribution in [0.3, 0.4) is 0 Å². The third kappa shape index (κ3) is 4.88. The molecule has 0 saturated carbocycles. The van der Waals surface area contributed by atoms with Crippen molar-refractivity contribution in [3.63, 3.8) is 0 Å². The number of rotatable bonds is 8. The van der Waals surface area contributed by atoms with E-state index < -0.39 is 0 Å². The average molecular weight is 471 g/mol. The summed E-state index contributed by atoms with van der Waals surface area (Å²) in [6.45, 7) is 5.77. The van der Waals surface area contributed by atoms with Crippen LogP contribution in [0.15, 0.2) is 60.7 Å². The Kier molecular flexibility index (Phi) is 6.11. The lowest BCUT2D eigenvalue weighted by Gasteiger charge is -2.19. The van der Waals surface area contributed by atoms with Crippen LogP contribution in [0.5, 0.6) is 11.5 Å². The van der Waals surface area contributed by atoms with Gasteiger partial charge in [-0.3, -0.25) is 0 Å². The van der Waals surface area contributed by atoms with Crippen LogP contribution in [0.1, 0.15) is 19.3 Å². The molecule has 2 aliphatic rings. The van der Waals surface area contributed by atoms with Crippen LogP contribution in [0.4, 0.5) is 17.3 Å². The van der Waals surface area contributed by atoms with Gasteiger partial charge in [-0.05, 0) is 87.4 Å². The third-order valence-corrected chi connectivity index (χ3v) is 6.50. The Bertz CT molecular complexity index is 1310. The van der Waals surface area contributed by atoms with Gasteiger partial charge >= 0.3 is 0 Å². The van der Waals surface area contributed by atoms with Crippen LogP contribution in [0.2, 0.25) is 0 Å². The molecule has 2 aliphatic heterocycles. The summed E-state index contributed by atoms with van der Waals surface area (Å²) in [5.41, 5.74) is 4.75. The number of anilines is 3. The Balaban J connectivity index is 1.16. The molecule has 0 aliphatic carbocycles. The molecule has 2 N–H and O–H groups in total. The normalized spacial score (nSPS) is 15.4. The molecule has 8 nitrogen and oxygen atoms in total. The van der Waals surface area contributed by atoms with Gasteiger partial charge in [-0.1, -0.05) is 12.1 Å². The van der Waals surface area contributed by atoms with Gasteiger partial charge in [-0.2, -0.15) is 4.98 Å². The van der Waals surface area contributed by atoms with Gasteiger partial charge < -0.3 is 25.0 Å². The lowest BCUT2D eigenvalue weighted by Crippen LogP contribution is -2.22. The van der Waals surface area contributed by atoms with E-state index in [9.17, 15) is 0 Å². The lowest BCUT2D eigenvalue weighted by molar-refractivity contribution is 0.171. The van der Waals surface area contributed by atoms with Crippen LogP contribution in [0, 0.1) is 0 Å². The summed E-state index contributed by atoms with van der Waals surface area (Å²) in [7, 11) is 0. The minimum atomic E-state index is 0.557. The second-order valence-corrected chi connectivity index (χ2v) is 9.01. The highest BCUT2D eigenvalue weighted by Gasteiger charge is 2.15. The van der Waals surface area contributed by atoms with Crippen molar-refractivity contribution in [3.8, 4) is 22.8 Å². The van der Waals surface area contributed by atoms with E-state index in [1.165, 1.54) is 32.5 Å². The Morgan fingerprint density at radius 1 is 0.857 bits per heavy atom. The summed E-state index contributed by atoms with van der Waals surface area (Å²) in [6.07, 6.45) is 3.83. The molecule has 8 heteroatoms. The lowest BCUT2D eigenvalue weighted by atomic mass is 10.1. The quantitative estimate of drug-likeness (QED) is 0.358. The molecular formula is C27H30N6O2. The summed E-state index contributed by atoms with van der Waals surface area (Å²) in [4.78, 5) is 7.24. The fraction of sp³-hybridized carbons (Fsp3) is 0.333. The van der Waals surface area contributed by atoms with Crippen molar-refractivity contribution in [1.82, 2.24) is 19.5 Å². The van der Waals surface area contributed by atoms with Crippen LogP contribution in [-0.4, -0.2) is 58.9 Å². The molecule has 2 aromatic carbocycles. The smallest absolute Gasteiger partial charge is 0.247 e. The molecule has 180 valence electrons. The zero-order valence-corrected chi connectivity index (χ0v) is 19.7. The van der Waals surface area contributed by atoms with Crippen LogP contribution < -0.4 is 20.1 Å². The summed E-state index contributed by atoms with van der Waals surface area (Å²) < 4.78 is 13.3. The number of nitrogens with zero attached hydrogens (tertiary/aromatic N) is 4. The highest BCUT2D eigenvalue weighted by Crippen LogP contribution is 2.34. The molecule has 0 spiro atoms. The zero-order valence-electron chi connectivity index (χ0n) is 19.7. The molecule has 35 heavy (non-hydrogen) atoms. The van der Waals surface area contributed by atoms with Gasteiger partial charge in [-0.15, -0.1) is 5.10 Å². The van der Waals surface area contributed by atoms with E-state index in [1.807, 2.05) is 53.0 Å². The van der Waals surface area contributed by atoms with Crippen molar-refractivity contribution < 1.29 is 9.47 Å². The first-order valence-electron chi connectivity index (χ1n) is 12.4. The van der Waals surface area contributed by atoms with Crippen LogP contribution in [0.25, 0.3) is 16.9 Å². The SMILES string of the molecule is c1cc(NCCCN2CCCC2)cc(Nc2nc3cccc(-c4ccc5c(c4)OCCO5)n3n2)c1. The highest BCUT2D eigenvalue weighted by molar-refractivity contribution is 5.68. The second kappa shape index (κ2) is 9.84. The molecule has 0 unspecified atom stereocenters. The predicted octanol–water partition coefficient (Wildman–Crippen LogP) is 4.81. The number of pyridine rings is 1. The molecule has 0 bridgehead atoms. The molecule has 6 rings (SSSR count). The number of aromatic nitrogens is 3. The monoisotopic (exact) mass is 470 g/mol. The number of fused-ring (bicyclic) bond motifs is 2. The highest BCUT2D eigenvalue weighted by atomic mass is 16.6.